The molecule has 0 bridgehead atoms. The summed E-state index contributed by atoms with van der Waals surface area (Å²) in [6.45, 7) is 3.64. The SMILES string of the molecule is Cc1ccc(NC(=O)CSCC(=O)N2CCC(N(C)C)CC2)cc1. The van der Waals surface area contributed by atoms with Crippen molar-refractivity contribution in [3.05, 3.63) is 29.8 Å². The van der Waals surface area contributed by atoms with E-state index in [0.717, 1.165) is 37.2 Å². The fraction of sp³-hybridized carbons (Fsp3) is 0.556. The highest BCUT2D eigenvalue weighted by atomic mass is 32.2. The minimum atomic E-state index is -0.0667. The summed E-state index contributed by atoms with van der Waals surface area (Å²) in [5, 5.41) is 2.85. The third-order valence-electron chi connectivity index (χ3n) is 4.34. The van der Waals surface area contributed by atoms with Gasteiger partial charge < -0.3 is 15.1 Å². The number of nitrogens with zero attached hydrogens (tertiary/aromatic N) is 2. The second-order valence-electron chi connectivity index (χ2n) is 6.48. The van der Waals surface area contributed by atoms with Crippen molar-refractivity contribution in [3.8, 4) is 0 Å². The lowest BCUT2D eigenvalue weighted by Crippen LogP contribution is -2.45. The maximum Gasteiger partial charge on any atom is 0.234 e. The summed E-state index contributed by atoms with van der Waals surface area (Å²) in [6, 6.07) is 8.27. The second kappa shape index (κ2) is 9.08. The first kappa shape index (κ1) is 18.8. The number of carbonyl (C=O) groups excluding carboxylic acids is 2. The Hall–Kier alpha value is -1.53. The molecule has 1 aliphatic heterocycles. The van der Waals surface area contributed by atoms with E-state index in [0.29, 0.717) is 17.5 Å². The summed E-state index contributed by atoms with van der Waals surface area (Å²) in [5.41, 5.74) is 1.95. The van der Waals surface area contributed by atoms with Crippen molar-refractivity contribution in [1.29, 1.82) is 0 Å². The van der Waals surface area contributed by atoms with Gasteiger partial charge in [0.1, 0.15) is 0 Å². The summed E-state index contributed by atoms with van der Waals surface area (Å²) in [5.74, 6) is 0.741. The Kier molecular flexibility index (Phi) is 7.12. The van der Waals surface area contributed by atoms with E-state index >= 15 is 0 Å². The number of anilines is 1. The van der Waals surface area contributed by atoms with Gasteiger partial charge in [0.2, 0.25) is 11.8 Å². The molecule has 5 nitrogen and oxygen atoms in total. The van der Waals surface area contributed by atoms with Crippen LogP contribution < -0.4 is 5.32 Å². The van der Waals surface area contributed by atoms with Gasteiger partial charge in [-0.2, -0.15) is 0 Å². The molecule has 24 heavy (non-hydrogen) atoms. The van der Waals surface area contributed by atoms with E-state index in [9.17, 15) is 9.59 Å². The molecular weight excluding hydrogens is 322 g/mol. The number of carbonyl (C=O) groups is 2. The van der Waals surface area contributed by atoms with Gasteiger partial charge in [-0.15, -0.1) is 11.8 Å². The minimum Gasteiger partial charge on any atom is -0.342 e. The van der Waals surface area contributed by atoms with Gasteiger partial charge in [0, 0.05) is 24.8 Å². The predicted octanol–water partition coefficient (Wildman–Crippen LogP) is 2.22. The second-order valence-corrected chi connectivity index (χ2v) is 7.47. The van der Waals surface area contributed by atoms with Gasteiger partial charge in [-0.05, 0) is 46.0 Å². The fourth-order valence-corrected chi connectivity index (χ4v) is 3.50. The van der Waals surface area contributed by atoms with Gasteiger partial charge >= 0.3 is 0 Å². The average Bonchev–Trinajstić information content (AvgIpc) is 2.57. The van der Waals surface area contributed by atoms with Crippen LogP contribution in [0.1, 0.15) is 18.4 Å². The van der Waals surface area contributed by atoms with E-state index < -0.39 is 0 Å². The van der Waals surface area contributed by atoms with Gasteiger partial charge in [-0.1, -0.05) is 17.7 Å². The van der Waals surface area contributed by atoms with Crippen LogP contribution in [0, 0.1) is 6.92 Å². The molecule has 1 aromatic rings. The number of aryl methyl sites for hydroxylation is 1. The summed E-state index contributed by atoms with van der Waals surface area (Å²) in [6.07, 6.45) is 2.05. The zero-order valence-electron chi connectivity index (χ0n) is 14.7. The van der Waals surface area contributed by atoms with Gasteiger partial charge in [0.25, 0.3) is 0 Å². The molecule has 2 rings (SSSR count). The monoisotopic (exact) mass is 349 g/mol. The van der Waals surface area contributed by atoms with Gasteiger partial charge in [0.05, 0.1) is 11.5 Å². The van der Waals surface area contributed by atoms with Crippen LogP contribution in [0.15, 0.2) is 24.3 Å². The Bertz CT molecular complexity index is 552. The average molecular weight is 350 g/mol. The standard InChI is InChI=1S/C18H27N3O2S/c1-14-4-6-15(7-5-14)19-17(22)12-24-13-18(23)21-10-8-16(9-11-21)20(2)3/h4-7,16H,8-13H2,1-3H3,(H,19,22). The van der Waals surface area contributed by atoms with Crippen molar-refractivity contribution in [2.75, 3.05) is 44.0 Å². The van der Waals surface area contributed by atoms with E-state index in [1.54, 1.807) is 0 Å². The molecule has 0 saturated carbocycles. The van der Waals surface area contributed by atoms with E-state index in [4.69, 9.17) is 0 Å². The predicted molar refractivity (Wildman–Crippen MR) is 100 cm³/mol. The minimum absolute atomic E-state index is 0.0667. The number of thioether (sulfide) groups is 1. The van der Waals surface area contributed by atoms with Crippen LogP contribution in [0.25, 0.3) is 0 Å². The lowest BCUT2D eigenvalue weighted by Gasteiger charge is -2.35. The number of benzene rings is 1. The lowest BCUT2D eigenvalue weighted by molar-refractivity contribution is -0.129. The third kappa shape index (κ3) is 5.83. The van der Waals surface area contributed by atoms with Gasteiger partial charge in [0.15, 0.2) is 0 Å². The number of piperidine rings is 1. The van der Waals surface area contributed by atoms with Crippen molar-refractivity contribution in [2.24, 2.45) is 0 Å². The van der Waals surface area contributed by atoms with Crippen molar-refractivity contribution in [1.82, 2.24) is 9.80 Å². The lowest BCUT2D eigenvalue weighted by atomic mass is 10.0. The molecule has 1 fully saturated rings. The van der Waals surface area contributed by atoms with Crippen molar-refractivity contribution >= 4 is 29.3 Å². The third-order valence-corrected chi connectivity index (χ3v) is 5.26. The molecule has 1 aromatic carbocycles. The van der Waals surface area contributed by atoms with Crippen molar-refractivity contribution in [2.45, 2.75) is 25.8 Å². The highest BCUT2D eigenvalue weighted by molar-refractivity contribution is 8.00. The maximum absolute atomic E-state index is 12.2. The van der Waals surface area contributed by atoms with E-state index in [1.165, 1.54) is 11.8 Å². The maximum atomic E-state index is 12.2. The van der Waals surface area contributed by atoms with Crippen LogP contribution in [0.4, 0.5) is 5.69 Å². The van der Waals surface area contributed by atoms with E-state index in [2.05, 4.69) is 24.3 Å². The summed E-state index contributed by atoms with van der Waals surface area (Å²) in [7, 11) is 4.18. The number of nitrogens with one attached hydrogen (secondary N) is 1. The molecule has 0 unspecified atom stereocenters. The fourth-order valence-electron chi connectivity index (χ4n) is 2.79. The zero-order valence-corrected chi connectivity index (χ0v) is 15.6. The first-order chi connectivity index (χ1) is 11.5. The molecule has 2 amide bonds. The zero-order chi connectivity index (χ0) is 17.5. The largest absolute Gasteiger partial charge is 0.342 e. The molecule has 0 atom stereocenters. The molecule has 1 aliphatic rings. The smallest absolute Gasteiger partial charge is 0.234 e. The van der Waals surface area contributed by atoms with Crippen molar-refractivity contribution in [3.63, 3.8) is 0 Å². The molecule has 6 heteroatoms. The van der Waals surface area contributed by atoms with Crippen LogP contribution >= 0.6 is 11.8 Å². The molecule has 1 N–H and O–H groups in total. The first-order valence-corrected chi connectivity index (χ1v) is 9.49. The molecule has 0 radical (unpaired) electrons. The van der Waals surface area contributed by atoms with Crippen LogP contribution in [0.2, 0.25) is 0 Å². The summed E-state index contributed by atoms with van der Waals surface area (Å²) in [4.78, 5) is 28.3. The van der Waals surface area contributed by atoms with E-state index in [-0.39, 0.29) is 11.8 Å². The number of rotatable bonds is 6. The topological polar surface area (TPSA) is 52.7 Å². The van der Waals surface area contributed by atoms with Crippen LogP contribution in [0.3, 0.4) is 0 Å². The van der Waals surface area contributed by atoms with E-state index in [1.807, 2.05) is 36.1 Å². The normalized spacial score (nSPS) is 15.6. The number of hydrogen-bond acceptors (Lipinski definition) is 4. The summed E-state index contributed by atoms with van der Waals surface area (Å²) >= 11 is 1.38. The molecule has 132 valence electrons. The van der Waals surface area contributed by atoms with Crippen LogP contribution in [-0.4, -0.2) is 66.3 Å². The number of amides is 2. The Morgan fingerprint density at radius 1 is 1.17 bits per heavy atom. The Morgan fingerprint density at radius 2 is 1.79 bits per heavy atom. The Labute approximate surface area is 148 Å². The molecule has 0 aromatic heterocycles. The molecular formula is C18H27N3O2S. The summed E-state index contributed by atoms with van der Waals surface area (Å²) < 4.78 is 0. The molecule has 1 heterocycles. The Balaban J connectivity index is 1.65. The Morgan fingerprint density at radius 3 is 2.38 bits per heavy atom. The number of hydrogen-bond donors (Lipinski definition) is 1. The molecule has 0 spiro atoms. The quantitative estimate of drug-likeness (QED) is 0.856. The van der Waals surface area contributed by atoms with Crippen molar-refractivity contribution < 1.29 is 9.59 Å². The van der Waals surface area contributed by atoms with Gasteiger partial charge in [-0.3, -0.25) is 9.59 Å². The highest BCUT2D eigenvalue weighted by Gasteiger charge is 2.23. The van der Waals surface area contributed by atoms with Gasteiger partial charge in [-0.25, -0.2) is 0 Å². The molecule has 1 saturated heterocycles. The van der Waals surface area contributed by atoms with Crippen LogP contribution in [0.5, 0.6) is 0 Å². The molecule has 0 aliphatic carbocycles. The van der Waals surface area contributed by atoms with Crippen LogP contribution in [-0.2, 0) is 9.59 Å². The highest BCUT2D eigenvalue weighted by Crippen LogP contribution is 2.16. The number of likely N-dealkylation sites (tertiary alicyclic amines) is 1. The first-order valence-electron chi connectivity index (χ1n) is 8.34.